The number of thiazole rings is 1. The van der Waals surface area contributed by atoms with E-state index in [0.29, 0.717) is 17.0 Å². The average Bonchev–Trinajstić information content (AvgIpc) is 2.84. The number of rotatable bonds is 6. The lowest BCUT2D eigenvalue weighted by molar-refractivity contribution is 0.418. The summed E-state index contributed by atoms with van der Waals surface area (Å²) in [7, 11) is 3.15. The Morgan fingerprint density at radius 3 is 2.86 bits per heavy atom. The normalized spacial score (nSPS) is 13.3. The highest BCUT2D eigenvalue weighted by Crippen LogP contribution is 2.33. The second-order valence-electron chi connectivity index (χ2n) is 4.83. The highest BCUT2D eigenvalue weighted by molar-refractivity contribution is 8.01. The molecule has 4 nitrogen and oxygen atoms in total. The molecule has 9 heteroatoms. The van der Waals surface area contributed by atoms with E-state index in [0.717, 1.165) is 15.1 Å². The van der Waals surface area contributed by atoms with E-state index in [9.17, 15) is 17.5 Å². The van der Waals surface area contributed by atoms with Crippen LogP contribution in [0.15, 0.2) is 34.7 Å². The maximum absolute atomic E-state index is 11.9. The van der Waals surface area contributed by atoms with E-state index in [-0.39, 0.29) is 10.3 Å². The van der Waals surface area contributed by atoms with Crippen LogP contribution in [0.5, 0.6) is 0 Å². The summed E-state index contributed by atoms with van der Waals surface area (Å²) >= 11 is 0.584. The van der Waals surface area contributed by atoms with Crippen LogP contribution in [0.1, 0.15) is 6.42 Å². The minimum absolute atomic E-state index is 0.281. The number of hydrogen-bond donors (Lipinski definition) is 0. The fourth-order valence-corrected chi connectivity index (χ4v) is 3.98. The van der Waals surface area contributed by atoms with Crippen molar-refractivity contribution >= 4 is 50.3 Å². The Bertz CT molecular complexity index is 727. The van der Waals surface area contributed by atoms with Gasteiger partial charge in [-0.3, -0.25) is 0 Å². The van der Waals surface area contributed by atoms with Crippen molar-refractivity contribution in [1.29, 1.82) is 0 Å². The number of allylic oxidation sites excluding steroid dienone is 1. The molecule has 0 saturated carbocycles. The van der Waals surface area contributed by atoms with Crippen LogP contribution >= 0.6 is 23.1 Å². The molecule has 2 rings (SSSR count). The summed E-state index contributed by atoms with van der Waals surface area (Å²) in [6, 6.07) is 5.33. The molecule has 22 heavy (non-hydrogen) atoms. The third kappa shape index (κ3) is 4.11. The fraction of sp³-hybridized carbons (Fsp3) is 0.308. The van der Waals surface area contributed by atoms with Crippen molar-refractivity contribution in [3.05, 3.63) is 30.4 Å². The van der Waals surface area contributed by atoms with E-state index in [2.05, 4.69) is 4.98 Å². The van der Waals surface area contributed by atoms with Gasteiger partial charge in [0.2, 0.25) is 0 Å². The molecule has 0 aliphatic heterocycles. The summed E-state index contributed by atoms with van der Waals surface area (Å²) in [6.07, 6.45) is -0.491. The number of benzene rings is 1. The van der Waals surface area contributed by atoms with Crippen molar-refractivity contribution in [2.24, 2.45) is 0 Å². The summed E-state index contributed by atoms with van der Waals surface area (Å²) in [6.45, 7) is 0. The lowest BCUT2D eigenvalue weighted by Crippen LogP contribution is -2.41. The third-order valence-corrected chi connectivity index (χ3v) is 6.16. The SMILES string of the molecule is C[N+](C)(c1ccc2sc(SCCC=C(F)F)nc2c1)S(=O)[O-]. The summed E-state index contributed by atoms with van der Waals surface area (Å²) in [5.41, 5.74) is 1.33. The van der Waals surface area contributed by atoms with Crippen LogP contribution in [0, 0.1) is 0 Å². The molecule has 2 aromatic rings. The zero-order chi connectivity index (χ0) is 16.3. The van der Waals surface area contributed by atoms with Crippen LogP contribution in [0.3, 0.4) is 0 Å². The lowest BCUT2D eigenvalue weighted by atomic mass is 10.3. The first-order valence-corrected chi connectivity index (χ1v) is 9.13. The molecule has 1 atom stereocenters. The zero-order valence-electron chi connectivity index (χ0n) is 11.9. The van der Waals surface area contributed by atoms with Gasteiger partial charge in [-0.05, 0) is 18.6 Å². The Morgan fingerprint density at radius 2 is 2.23 bits per heavy atom. The lowest BCUT2D eigenvalue weighted by Gasteiger charge is -2.29. The molecule has 1 aromatic carbocycles. The molecule has 0 radical (unpaired) electrons. The smallest absolute Gasteiger partial charge is 0.266 e. The molecule has 0 aliphatic carbocycles. The number of hydrogen-bond acceptors (Lipinski definition) is 5. The third-order valence-electron chi connectivity index (χ3n) is 2.99. The molecule has 1 heterocycles. The summed E-state index contributed by atoms with van der Waals surface area (Å²) in [5, 5.41) is 0. The van der Waals surface area contributed by atoms with Gasteiger partial charge in [-0.25, -0.2) is 13.1 Å². The van der Waals surface area contributed by atoms with Gasteiger partial charge in [0.1, 0.15) is 5.69 Å². The topological polar surface area (TPSA) is 53.0 Å². The van der Waals surface area contributed by atoms with Crippen molar-refractivity contribution < 1.29 is 17.5 Å². The first-order chi connectivity index (χ1) is 10.3. The molecule has 0 spiro atoms. The minimum Gasteiger partial charge on any atom is -0.724 e. The van der Waals surface area contributed by atoms with Gasteiger partial charge in [-0.2, -0.15) is 8.78 Å². The van der Waals surface area contributed by atoms with Gasteiger partial charge in [0.25, 0.3) is 6.08 Å². The van der Waals surface area contributed by atoms with Gasteiger partial charge in [0.15, 0.2) is 15.6 Å². The standard InChI is InChI=1S/C13H14F2N2O2S3/c1-17(2,22(18)19)9-5-6-11-10(8-9)16-13(21-11)20-7-3-4-12(14)15/h4-6,8H,3,7H2,1-2H3. The maximum Gasteiger partial charge on any atom is 0.266 e. The Morgan fingerprint density at radius 1 is 1.50 bits per heavy atom. The molecular formula is C13H14F2N2O2S3. The Balaban J connectivity index is 2.17. The number of halogens is 2. The zero-order valence-corrected chi connectivity index (χ0v) is 14.4. The summed E-state index contributed by atoms with van der Waals surface area (Å²) < 4.78 is 47.9. The summed E-state index contributed by atoms with van der Waals surface area (Å²) in [4.78, 5) is 4.43. The van der Waals surface area contributed by atoms with Crippen LogP contribution in [0.2, 0.25) is 0 Å². The van der Waals surface area contributed by atoms with Crippen LogP contribution in [-0.4, -0.2) is 33.6 Å². The van der Waals surface area contributed by atoms with E-state index < -0.39 is 17.3 Å². The number of quaternary nitrogens is 1. The summed E-state index contributed by atoms with van der Waals surface area (Å²) in [5.74, 6) is 0.524. The second kappa shape index (κ2) is 7.14. The van der Waals surface area contributed by atoms with E-state index >= 15 is 0 Å². The van der Waals surface area contributed by atoms with Crippen molar-refractivity contribution in [2.45, 2.75) is 10.8 Å². The van der Waals surface area contributed by atoms with E-state index in [4.69, 9.17) is 0 Å². The van der Waals surface area contributed by atoms with E-state index in [1.54, 1.807) is 26.2 Å². The monoisotopic (exact) mass is 364 g/mol. The number of nitrogens with zero attached hydrogens (tertiary/aromatic N) is 2. The van der Waals surface area contributed by atoms with Crippen LogP contribution in [0.25, 0.3) is 10.2 Å². The Hall–Kier alpha value is -0.870. The highest BCUT2D eigenvalue weighted by atomic mass is 32.2. The van der Waals surface area contributed by atoms with Gasteiger partial charge in [-0.1, -0.05) is 11.8 Å². The van der Waals surface area contributed by atoms with Gasteiger partial charge < -0.3 is 4.55 Å². The van der Waals surface area contributed by atoms with Crippen molar-refractivity contribution in [2.75, 3.05) is 19.8 Å². The molecule has 1 unspecified atom stereocenters. The molecule has 0 bridgehead atoms. The largest absolute Gasteiger partial charge is 0.724 e. The number of aromatic nitrogens is 1. The van der Waals surface area contributed by atoms with Crippen LogP contribution in [0.4, 0.5) is 14.5 Å². The second-order valence-corrected chi connectivity index (χ2v) is 8.55. The maximum atomic E-state index is 11.9. The van der Waals surface area contributed by atoms with Crippen LogP contribution < -0.4 is 3.89 Å². The van der Waals surface area contributed by atoms with Crippen LogP contribution in [-0.2, 0) is 11.3 Å². The van der Waals surface area contributed by atoms with Crippen molar-refractivity contribution in [3.8, 4) is 0 Å². The first kappa shape index (κ1) is 17.5. The molecule has 0 aliphatic rings. The van der Waals surface area contributed by atoms with Gasteiger partial charge in [0.05, 0.1) is 24.3 Å². The first-order valence-electron chi connectivity index (χ1n) is 6.30. The fourth-order valence-electron chi connectivity index (χ4n) is 1.69. The molecule has 120 valence electrons. The Kier molecular flexibility index (Phi) is 5.67. The number of fused-ring (bicyclic) bond motifs is 1. The predicted octanol–water partition coefficient (Wildman–Crippen LogP) is 3.92. The van der Waals surface area contributed by atoms with Gasteiger partial charge in [-0.15, -0.1) is 11.3 Å². The van der Waals surface area contributed by atoms with E-state index in [1.165, 1.54) is 23.1 Å². The molecule has 0 saturated heterocycles. The minimum atomic E-state index is -2.29. The van der Waals surface area contributed by atoms with Gasteiger partial charge in [0, 0.05) is 17.9 Å². The molecule has 0 amide bonds. The molecule has 0 fully saturated rings. The van der Waals surface area contributed by atoms with Crippen molar-refractivity contribution in [3.63, 3.8) is 0 Å². The Labute approximate surface area is 137 Å². The van der Waals surface area contributed by atoms with Gasteiger partial charge >= 0.3 is 0 Å². The molecule has 0 N–H and O–H groups in total. The quantitative estimate of drug-likeness (QED) is 0.337. The highest BCUT2D eigenvalue weighted by Gasteiger charge is 2.21. The number of thioether (sulfide) groups is 1. The molecular weight excluding hydrogens is 350 g/mol. The van der Waals surface area contributed by atoms with E-state index in [1.807, 2.05) is 6.07 Å². The molecule has 1 aromatic heterocycles. The van der Waals surface area contributed by atoms with Crippen molar-refractivity contribution in [1.82, 2.24) is 8.87 Å². The predicted molar refractivity (Wildman–Crippen MR) is 87.8 cm³/mol. The average molecular weight is 364 g/mol.